The first kappa shape index (κ1) is 16.9. The van der Waals surface area contributed by atoms with Crippen LogP contribution in [-0.4, -0.2) is 30.6 Å². The van der Waals surface area contributed by atoms with Crippen LogP contribution in [0.15, 0.2) is 85.3 Å². The van der Waals surface area contributed by atoms with E-state index in [4.69, 9.17) is 4.98 Å². The number of amides is 1. The number of rotatable bonds is 4. The van der Waals surface area contributed by atoms with Gasteiger partial charge in [0.1, 0.15) is 11.2 Å². The summed E-state index contributed by atoms with van der Waals surface area (Å²) in [6.45, 7) is 0. The van der Waals surface area contributed by atoms with E-state index in [1.165, 1.54) is 0 Å². The summed E-state index contributed by atoms with van der Waals surface area (Å²) in [6.07, 6.45) is 4.99. The Bertz CT molecular complexity index is 1290. The first-order valence-electron chi connectivity index (χ1n) is 9.09. The Kier molecular flexibility index (Phi) is 4.10. The monoisotopic (exact) mass is 380 g/mol. The molecular formula is C22H16N6O. The Morgan fingerprint density at radius 2 is 1.83 bits per heavy atom. The Hall–Kier alpha value is -4.26. The van der Waals surface area contributed by atoms with Crippen molar-refractivity contribution in [2.24, 2.45) is 0 Å². The van der Waals surface area contributed by atoms with Crippen molar-refractivity contribution in [1.29, 1.82) is 0 Å². The van der Waals surface area contributed by atoms with E-state index >= 15 is 0 Å². The maximum Gasteiger partial charge on any atom is 0.257 e. The van der Waals surface area contributed by atoms with E-state index in [0.717, 1.165) is 16.9 Å². The molecule has 0 atom stereocenters. The van der Waals surface area contributed by atoms with Crippen LogP contribution in [0, 0.1) is 0 Å². The van der Waals surface area contributed by atoms with E-state index in [1.807, 2.05) is 53.2 Å². The smallest absolute Gasteiger partial charge is 0.257 e. The highest BCUT2D eigenvalue weighted by atomic mass is 16.1. The molecule has 1 amide bonds. The number of hydrogen-bond acceptors (Lipinski definition) is 4. The van der Waals surface area contributed by atoms with Gasteiger partial charge in [0.05, 0.1) is 34.8 Å². The van der Waals surface area contributed by atoms with Gasteiger partial charge in [-0.3, -0.25) is 9.78 Å². The maximum absolute atomic E-state index is 12.8. The fourth-order valence-electron chi connectivity index (χ4n) is 3.23. The number of nitrogens with one attached hydrogen (secondary N) is 2. The minimum absolute atomic E-state index is 0.238. The summed E-state index contributed by atoms with van der Waals surface area (Å²) in [5, 5.41) is 7.28. The number of aromatic nitrogens is 5. The van der Waals surface area contributed by atoms with Crippen LogP contribution < -0.4 is 5.32 Å². The van der Waals surface area contributed by atoms with Gasteiger partial charge in [-0.25, -0.2) is 9.67 Å². The highest BCUT2D eigenvalue weighted by Gasteiger charge is 2.17. The van der Waals surface area contributed by atoms with Crippen molar-refractivity contribution in [1.82, 2.24) is 24.7 Å². The van der Waals surface area contributed by atoms with Gasteiger partial charge in [0, 0.05) is 6.20 Å². The van der Waals surface area contributed by atoms with Gasteiger partial charge in [0.15, 0.2) is 5.82 Å². The average Bonchev–Trinajstić information content (AvgIpc) is 3.41. The molecule has 3 heterocycles. The largest absolute Gasteiger partial charge is 0.337 e. The van der Waals surface area contributed by atoms with Gasteiger partial charge < -0.3 is 10.3 Å². The molecule has 0 aliphatic heterocycles. The van der Waals surface area contributed by atoms with Crippen molar-refractivity contribution in [3.8, 4) is 17.2 Å². The minimum atomic E-state index is -0.238. The summed E-state index contributed by atoms with van der Waals surface area (Å²) in [5.41, 5.74) is 4.24. The first-order valence-corrected chi connectivity index (χ1v) is 9.09. The predicted molar refractivity (Wildman–Crippen MR) is 111 cm³/mol. The van der Waals surface area contributed by atoms with E-state index in [0.29, 0.717) is 22.6 Å². The molecule has 140 valence electrons. The lowest BCUT2D eigenvalue weighted by molar-refractivity contribution is 0.102. The van der Waals surface area contributed by atoms with Gasteiger partial charge in [-0.05, 0) is 42.5 Å². The Morgan fingerprint density at radius 1 is 0.931 bits per heavy atom. The number of imidazole rings is 1. The summed E-state index contributed by atoms with van der Waals surface area (Å²) in [4.78, 5) is 24.8. The molecule has 29 heavy (non-hydrogen) atoms. The van der Waals surface area contributed by atoms with Crippen molar-refractivity contribution < 1.29 is 4.79 Å². The topological polar surface area (TPSA) is 88.5 Å². The maximum atomic E-state index is 12.8. The van der Waals surface area contributed by atoms with E-state index in [1.54, 1.807) is 36.8 Å². The quantitative estimate of drug-likeness (QED) is 0.492. The molecule has 0 fully saturated rings. The fourth-order valence-corrected chi connectivity index (χ4v) is 3.23. The van der Waals surface area contributed by atoms with E-state index in [9.17, 15) is 4.79 Å². The highest BCUT2D eigenvalue weighted by molar-refractivity contribution is 6.11. The zero-order valence-electron chi connectivity index (χ0n) is 15.3. The number of hydrogen-bond donors (Lipinski definition) is 2. The second kappa shape index (κ2) is 7.05. The molecule has 7 heteroatoms. The van der Waals surface area contributed by atoms with Crippen LogP contribution in [0.25, 0.3) is 28.2 Å². The van der Waals surface area contributed by atoms with Crippen molar-refractivity contribution >= 4 is 22.6 Å². The lowest BCUT2D eigenvalue weighted by Gasteiger charge is -2.05. The molecule has 0 radical (unpaired) electrons. The average molecular weight is 380 g/mol. The number of carbonyl (C=O) groups is 1. The molecule has 2 N–H and O–H groups in total. The number of pyridine rings is 1. The van der Waals surface area contributed by atoms with Crippen LogP contribution in [0.3, 0.4) is 0 Å². The summed E-state index contributed by atoms with van der Waals surface area (Å²) < 4.78 is 1.81. The molecule has 0 aliphatic carbocycles. The molecule has 7 nitrogen and oxygen atoms in total. The summed E-state index contributed by atoms with van der Waals surface area (Å²) in [7, 11) is 0. The van der Waals surface area contributed by atoms with Crippen LogP contribution in [0.4, 0.5) is 5.69 Å². The van der Waals surface area contributed by atoms with Crippen LogP contribution >= 0.6 is 0 Å². The zero-order chi connectivity index (χ0) is 19.6. The van der Waals surface area contributed by atoms with Crippen LogP contribution in [0.1, 0.15) is 10.4 Å². The number of anilines is 1. The lowest BCUT2D eigenvalue weighted by atomic mass is 10.1. The molecule has 5 rings (SSSR count). The van der Waals surface area contributed by atoms with Crippen LogP contribution in [0.2, 0.25) is 0 Å². The molecule has 3 aromatic heterocycles. The Morgan fingerprint density at radius 3 is 2.66 bits per heavy atom. The second-order valence-corrected chi connectivity index (χ2v) is 6.45. The number of aromatic amines is 1. The van der Waals surface area contributed by atoms with Gasteiger partial charge in [0.2, 0.25) is 0 Å². The molecule has 0 unspecified atom stereocenters. The van der Waals surface area contributed by atoms with Crippen molar-refractivity contribution in [2.75, 3.05) is 5.32 Å². The molecule has 0 saturated carbocycles. The molecule has 0 spiro atoms. The number of fused-ring (bicyclic) bond motifs is 1. The van der Waals surface area contributed by atoms with Crippen LogP contribution in [-0.2, 0) is 0 Å². The van der Waals surface area contributed by atoms with E-state index in [-0.39, 0.29) is 5.91 Å². The Labute approximate surface area is 166 Å². The molecule has 0 aliphatic rings. The standard InChI is InChI=1S/C22H16N6O/c29-22(25-15-6-5-12-23-14-15)17-9-4-10-18-20(17)27-21(26-18)19-11-13-24-28(19)16-7-2-1-3-8-16/h1-14H,(H,25,29)(H,26,27). The predicted octanol–water partition coefficient (Wildman–Crippen LogP) is 4.06. The fraction of sp³-hybridized carbons (Fsp3) is 0. The summed E-state index contributed by atoms with van der Waals surface area (Å²) >= 11 is 0. The summed E-state index contributed by atoms with van der Waals surface area (Å²) in [6, 6.07) is 20.8. The van der Waals surface area contributed by atoms with E-state index in [2.05, 4.69) is 20.4 Å². The van der Waals surface area contributed by atoms with Crippen LogP contribution in [0.5, 0.6) is 0 Å². The molecule has 0 bridgehead atoms. The van der Waals surface area contributed by atoms with Crippen molar-refractivity contribution in [3.63, 3.8) is 0 Å². The highest BCUT2D eigenvalue weighted by Crippen LogP contribution is 2.25. The third-order valence-electron chi connectivity index (χ3n) is 4.56. The first-order chi connectivity index (χ1) is 14.3. The Balaban J connectivity index is 1.55. The number of nitrogens with zero attached hydrogens (tertiary/aromatic N) is 4. The van der Waals surface area contributed by atoms with Crippen molar-refractivity contribution in [3.05, 3.63) is 90.9 Å². The normalized spacial score (nSPS) is 10.9. The lowest BCUT2D eigenvalue weighted by Crippen LogP contribution is -2.12. The number of H-pyrrole nitrogens is 1. The van der Waals surface area contributed by atoms with Gasteiger partial charge in [-0.2, -0.15) is 5.10 Å². The van der Waals surface area contributed by atoms with E-state index < -0.39 is 0 Å². The zero-order valence-corrected chi connectivity index (χ0v) is 15.3. The third kappa shape index (κ3) is 3.14. The number of para-hydroxylation sites is 2. The van der Waals surface area contributed by atoms with Crippen molar-refractivity contribution in [2.45, 2.75) is 0 Å². The molecule has 0 saturated heterocycles. The molecule has 5 aromatic rings. The molecule has 2 aromatic carbocycles. The van der Waals surface area contributed by atoms with Gasteiger partial charge >= 0.3 is 0 Å². The minimum Gasteiger partial charge on any atom is -0.337 e. The third-order valence-corrected chi connectivity index (χ3v) is 4.56. The number of benzene rings is 2. The second-order valence-electron chi connectivity index (χ2n) is 6.45. The summed E-state index contributed by atoms with van der Waals surface area (Å²) in [5.74, 6) is 0.404. The number of carbonyl (C=O) groups excluding carboxylic acids is 1. The van der Waals surface area contributed by atoms with Gasteiger partial charge in [0.25, 0.3) is 5.91 Å². The molecular weight excluding hydrogens is 364 g/mol. The van der Waals surface area contributed by atoms with Gasteiger partial charge in [-0.15, -0.1) is 0 Å². The SMILES string of the molecule is O=C(Nc1cccnc1)c1cccc2[nH]c(-c3ccnn3-c3ccccc3)nc12. The van der Waals surface area contributed by atoms with Gasteiger partial charge in [-0.1, -0.05) is 24.3 Å².